The lowest BCUT2D eigenvalue weighted by atomic mass is 10.1. The fourth-order valence-electron chi connectivity index (χ4n) is 2.27. The van der Waals surface area contributed by atoms with Crippen LogP contribution in [0.5, 0.6) is 0 Å². The van der Waals surface area contributed by atoms with Crippen LogP contribution < -0.4 is 5.32 Å². The molecule has 7 heteroatoms. The molecule has 1 N–H and O–H groups in total. The maximum Gasteiger partial charge on any atom is 0.295 e. The minimum Gasteiger partial charge on any atom is -0.319 e. The second-order valence-corrected chi connectivity index (χ2v) is 5.28. The van der Waals surface area contributed by atoms with Gasteiger partial charge in [0.1, 0.15) is 0 Å². The Hall–Kier alpha value is -3.09. The van der Waals surface area contributed by atoms with Crippen molar-refractivity contribution in [3.8, 4) is 0 Å². The molecule has 3 rings (SSSR count). The number of aromatic nitrogens is 4. The van der Waals surface area contributed by atoms with Gasteiger partial charge in [-0.25, -0.2) is 9.50 Å². The Labute approximate surface area is 132 Å². The SMILES string of the molecule is CC(=O)c1cccc(NC(=O)c2nc3nc(C)cc(C)n3n2)c1. The number of Topliss-reactive ketones (excluding diaryl/α,β-unsaturated/α-hetero) is 1. The Kier molecular flexibility index (Phi) is 3.61. The molecule has 2 aromatic heterocycles. The number of aryl methyl sites for hydroxylation is 2. The predicted octanol–water partition coefficient (Wildman–Crippen LogP) is 2.20. The van der Waals surface area contributed by atoms with Crippen LogP contribution in [0.4, 0.5) is 5.69 Å². The zero-order chi connectivity index (χ0) is 16.6. The summed E-state index contributed by atoms with van der Waals surface area (Å²) in [4.78, 5) is 32.1. The quantitative estimate of drug-likeness (QED) is 0.749. The average molecular weight is 309 g/mol. The molecule has 0 aliphatic heterocycles. The van der Waals surface area contributed by atoms with E-state index in [0.29, 0.717) is 17.0 Å². The van der Waals surface area contributed by atoms with Crippen LogP contribution in [0.15, 0.2) is 30.3 Å². The van der Waals surface area contributed by atoms with Crippen molar-refractivity contribution in [2.24, 2.45) is 0 Å². The molecule has 0 atom stereocenters. The number of carbonyl (C=O) groups is 2. The third-order valence-corrected chi connectivity index (χ3v) is 3.35. The monoisotopic (exact) mass is 309 g/mol. The lowest BCUT2D eigenvalue weighted by Gasteiger charge is -2.03. The molecular weight excluding hydrogens is 294 g/mol. The molecule has 0 fully saturated rings. The first kappa shape index (κ1) is 14.8. The topological polar surface area (TPSA) is 89.2 Å². The van der Waals surface area contributed by atoms with Gasteiger partial charge in [0.25, 0.3) is 11.7 Å². The maximum atomic E-state index is 12.3. The first-order chi connectivity index (χ1) is 10.9. The molecule has 3 aromatic rings. The number of hydrogen-bond donors (Lipinski definition) is 1. The van der Waals surface area contributed by atoms with Gasteiger partial charge in [-0.15, -0.1) is 5.10 Å². The van der Waals surface area contributed by atoms with E-state index in [4.69, 9.17) is 0 Å². The lowest BCUT2D eigenvalue weighted by molar-refractivity contribution is 0.100. The summed E-state index contributed by atoms with van der Waals surface area (Å²) in [5, 5.41) is 6.86. The molecule has 0 aliphatic rings. The van der Waals surface area contributed by atoms with E-state index in [-0.39, 0.29) is 11.6 Å². The average Bonchev–Trinajstić information content (AvgIpc) is 2.92. The molecule has 2 heterocycles. The number of carbonyl (C=O) groups excluding carboxylic acids is 2. The van der Waals surface area contributed by atoms with Crippen LogP contribution in [0, 0.1) is 13.8 Å². The molecule has 0 saturated heterocycles. The van der Waals surface area contributed by atoms with Gasteiger partial charge in [-0.2, -0.15) is 4.98 Å². The molecule has 1 amide bonds. The Morgan fingerprint density at radius 1 is 1.13 bits per heavy atom. The molecule has 0 saturated carbocycles. The van der Waals surface area contributed by atoms with Gasteiger partial charge in [-0.05, 0) is 39.0 Å². The van der Waals surface area contributed by atoms with Crippen molar-refractivity contribution in [2.45, 2.75) is 20.8 Å². The van der Waals surface area contributed by atoms with Gasteiger partial charge in [0, 0.05) is 22.6 Å². The fraction of sp³-hybridized carbons (Fsp3) is 0.188. The summed E-state index contributed by atoms with van der Waals surface area (Å²) in [6.45, 7) is 5.20. The molecule has 0 unspecified atom stereocenters. The van der Waals surface area contributed by atoms with Crippen molar-refractivity contribution in [1.29, 1.82) is 0 Å². The first-order valence-corrected chi connectivity index (χ1v) is 7.07. The van der Waals surface area contributed by atoms with Crippen molar-refractivity contribution >= 4 is 23.2 Å². The van der Waals surface area contributed by atoms with E-state index >= 15 is 0 Å². The number of nitrogens with zero attached hydrogens (tertiary/aromatic N) is 4. The molecule has 1 aromatic carbocycles. The Morgan fingerprint density at radius 3 is 2.65 bits per heavy atom. The number of rotatable bonds is 3. The maximum absolute atomic E-state index is 12.3. The second kappa shape index (κ2) is 5.60. The Balaban J connectivity index is 1.90. The fourth-order valence-corrected chi connectivity index (χ4v) is 2.27. The minimum atomic E-state index is -0.451. The first-order valence-electron chi connectivity index (χ1n) is 7.07. The summed E-state index contributed by atoms with van der Waals surface area (Å²) < 4.78 is 1.52. The highest BCUT2D eigenvalue weighted by atomic mass is 16.2. The molecule has 0 spiro atoms. The smallest absolute Gasteiger partial charge is 0.295 e. The zero-order valence-corrected chi connectivity index (χ0v) is 13.0. The normalized spacial score (nSPS) is 10.7. The number of amides is 1. The molecule has 116 valence electrons. The molecule has 0 radical (unpaired) electrons. The third-order valence-electron chi connectivity index (χ3n) is 3.35. The highest BCUT2D eigenvalue weighted by Crippen LogP contribution is 2.13. The minimum absolute atomic E-state index is 0.0272. The lowest BCUT2D eigenvalue weighted by Crippen LogP contribution is -2.14. The second-order valence-electron chi connectivity index (χ2n) is 5.28. The van der Waals surface area contributed by atoms with Crippen molar-refractivity contribution in [3.05, 3.63) is 53.1 Å². The summed E-state index contributed by atoms with van der Waals surface area (Å²) in [6.07, 6.45) is 0. The van der Waals surface area contributed by atoms with E-state index in [1.54, 1.807) is 24.3 Å². The van der Waals surface area contributed by atoms with Gasteiger partial charge in [0.05, 0.1) is 0 Å². The summed E-state index contributed by atoms with van der Waals surface area (Å²) in [5.74, 6) is -0.111. The van der Waals surface area contributed by atoms with E-state index < -0.39 is 5.91 Å². The highest BCUT2D eigenvalue weighted by Gasteiger charge is 2.15. The number of nitrogens with one attached hydrogen (secondary N) is 1. The number of benzene rings is 1. The van der Waals surface area contributed by atoms with Crippen LogP contribution in [0.25, 0.3) is 5.78 Å². The van der Waals surface area contributed by atoms with Gasteiger partial charge < -0.3 is 5.32 Å². The van der Waals surface area contributed by atoms with Crippen molar-refractivity contribution in [1.82, 2.24) is 19.6 Å². The Bertz CT molecular complexity index is 929. The van der Waals surface area contributed by atoms with Crippen LogP contribution in [-0.2, 0) is 0 Å². The van der Waals surface area contributed by atoms with E-state index in [0.717, 1.165) is 11.4 Å². The molecule has 23 heavy (non-hydrogen) atoms. The van der Waals surface area contributed by atoms with Gasteiger partial charge in [0.2, 0.25) is 5.82 Å². The van der Waals surface area contributed by atoms with Gasteiger partial charge in [0.15, 0.2) is 5.78 Å². The predicted molar refractivity (Wildman–Crippen MR) is 84.7 cm³/mol. The summed E-state index contributed by atoms with van der Waals surface area (Å²) >= 11 is 0. The van der Waals surface area contributed by atoms with Crippen molar-refractivity contribution in [2.75, 3.05) is 5.32 Å². The summed E-state index contributed by atoms with van der Waals surface area (Å²) in [5.41, 5.74) is 2.70. The molecule has 0 bridgehead atoms. The van der Waals surface area contributed by atoms with Crippen molar-refractivity contribution in [3.63, 3.8) is 0 Å². The zero-order valence-electron chi connectivity index (χ0n) is 13.0. The van der Waals surface area contributed by atoms with Crippen LogP contribution in [0.1, 0.15) is 39.3 Å². The third kappa shape index (κ3) is 2.94. The van der Waals surface area contributed by atoms with E-state index in [1.165, 1.54) is 11.4 Å². The van der Waals surface area contributed by atoms with Crippen LogP contribution in [-0.4, -0.2) is 31.3 Å². The van der Waals surface area contributed by atoms with Crippen molar-refractivity contribution < 1.29 is 9.59 Å². The number of fused-ring (bicyclic) bond motifs is 1. The van der Waals surface area contributed by atoms with Gasteiger partial charge in [-0.1, -0.05) is 12.1 Å². The molecule has 0 aliphatic carbocycles. The van der Waals surface area contributed by atoms with Gasteiger partial charge in [-0.3, -0.25) is 9.59 Å². The van der Waals surface area contributed by atoms with Crippen LogP contribution >= 0.6 is 0 Å². The van der Waals surface area contributed by atoms with Gasteiger partial charge >= 0.3 is 0 Å². The summed E-state index contributed by atoms with van der Waals surface area (Å²) in [7, 11) is 0. The standard InChI is InChI=1S/C16H15N5O2/c1-9-7-10(2)21-16(17-9)19-14(20-21)15(23)18-13-6-4-5-12(8-13)11(3)22/h4-8H,1-3H3,(H,18,23). The number of anilines is 1. The van der Waals surface area contributed by atoms with E-state index in [9.17, 15) is 9.59 Å². The highest BCUT2D eigenvalue weighted by molar-refractivity contribution is 6.03. The summed E-state index contributed by atoms with van der Waals surface area (Å²) in [6, 6.07) is 8.58. The van der Waals surface area contributed by atoms with Crippen LogP contribution in [0.3, 0.4) is 0 Å². The number of ketones is 1. The van der Waals surface area contributed by atoms with Crippen LogP contribution in [0.2, 0.25) is 0 Å². The van der Waals surface area contributed by atoms with E-state index in [1.807, 2.05) is 19.9 Å². The molecular formula is C16H15N5O2. The van der Waals surface area contributed by atoms with E-state index in [2.05, 4.69) is 20.4 Å². The number of hydrogen-bond acceptors (Lipinski definition) is 5. The molecule has 7 nitrogen and oxygen atoms in total. The largest absolute Gasteiger partial charge is 0.319 e. The Morgan fingerprint density at radius 2 is 1.91 bits per heavy atom.